The molecule has 0 radical (unpaired) electrons. The van der Waals surface area contributed by atoms with Crippen LogP contribution < -0.4 is 0 Å². The Balaban J connectivity index is 4.65. The number of hydrogen-bond donors (Lipinski definition) is 0. The number of carbonyl (C=O) groups excluding carboxylic acids is 2. The summed E-state index contributed by atoms with van der Waals surface area (Å²) >= 11 is 0. The lowest BCUT2D eigenvalue weighted by atomic mass is 9.91. The Hall–Kier alpha value is -1.06. The molecule has 0 aliphatic carbocycles. The van der Waals surface area contributed by atoms with E-state index in [2.05, 4.69) is 41.5 Å². The van der Waals surface area contributed by atoms with E-state index in [1.165, 1.54) is 89.9 Å². The second kappa shape index (κ2) is 24.7. The minimum absolute atomic E-state index is 0.279. The van der Waals surface area contributed by atoms with Gasteiger partial charge in [-0.25, -0.2) is 0 Å². The molecule has 0 aromatic rings. The number of unbranched alkanes of at least 4 members (excludes halogenated alkanes) is 16. The summed E-state index contributed by atoms with van der Waals surface area (Å²) in [5.74, 6) is -0.855. The first-order chi connectivity index (χ1) is 18.7. The number of esters is 2. The van der Waals surface area contributed by atoms with E-state index in [9.17, 15) is 9.59 Å². The fourth-order valence-electron chi connectivity index (χ4n) is 5.56. The lowest BCUT2D eigenvalue weighted by Crippen LogP contribution is -2.35. The molecular formula is C35H68O4. The average Bonchev–Trinajstić information content (AvgIpc) is 2.89. The van der Waals surface area contributed by atoms with Gasteiger partial charge in [0, 0.05) is 0 Å². The van der Waals surface area contributed by atoms with Crippen LogP contribution in [0.2, 0.25) is 0 Å². The Morgan fingerprint density at radius 1 is 0.410 bits per heavy atom. The van der Waals surface area contributed by atoms with Crippen LogP contribution in [0, 0.1) is 0 Å². The van der Waals surface area contributed by atoms with E-state index in [0.717, 1.165) is 64.2 Å². The molecule has 0 fully saturated rings. The van der Waals surface area contributed by atoms with Crippen molar-refractivity contribution in [2.45, 2.75) is 213 Å². The van der Waals surface area contributed by atoms with E-state index in [1.807, 2.05) is 0 Å². The van der Waals surface area contributed by atoms with E-state index in [1.54, 1.807) is 0 Å². The number of carbonyl (C=O) groups is 2. The summed E-state index contributed by atoms with van der Waals surface area (Å²) in [6.45, 7) is 12.9. The zero-order valence-corrected chi connectivity index (χ0v) is 27.3. The molecule has 2 atom stereocenters. The monoisotopic (exact) mass is 553 g/mol. The Labute approximate surface area is 244 Å². The van der Waals surface area contributed by atoms with E-state index in [0.29, 0.717) is 0 Å². The highest BCUT2D eigenvalue weighted by Crippen LogP contribution is 2.29. The third kappa shape index (κ3) is 22.3. The van der Waals surface area contributed by atoms with Crippen LogP contribution in [0.1, 0.15) is 202 Å². The quantitative estimate of drug-likeness (QED) is 0.0550. The molecule has 0 aliphatic rings. The van der Waals surface area contributed by atoms with E-state index in [-0.39, 0.29) is 6.42 Å². The summed E-state index contributed by atoms with van der Waals surface area (Å²) in [5, 5.41) is 0. The lowest BCUT2D eigenvalue weighted by molar-refractivity contribution is -0.171. The molecule has 0 saturated carbocycles. The van der Waals surface area contributed by atoms with Gasteiger partial charge in [-0.3, -0.25) is 9.59 Å². The second-order valence-corrected chi connectivity index (χ2v) is 12.7. The molecular weight excluding hydrogens is 484 g/mol. The highest BCUT2D eigenvalue weighted by molar-refractivity contribution is 5.91. The van der Waals surface area contributed by atoms with Gasteiger partial charge in [-0.15, -0.1) is 0 Å². The topological polar surface area (TPSA) is 52.6 Å². The van der Waals surface area contributed by atoms with Crippen LogP contribution in [0.5, 0.6) is 0 Å². The highest BCUT2D eigenvalue weighted by atomic mass is 16.6. The minimum Gasteiger partial charge on any atom is -0.459 e. The fourth-order valence-corrected chi connectivity index (χ4v) is 5.56. The zero-order chi connectivity index (χ0) is 29.2. The third-order valence-corrected chi connectivity index (χ3v) is 8.25. The number of hydrogen-bond acceptors (Lipinski definition) is 4. The number of ether oxygens (including phenoxy) is 2. The minimum atomic E-state index is -0.488. The van der Waals surface area contributed by atoms with Crippen molar-refractivity contribution in [2.24, 2.45) is 0 Å². The summed E-state index contributed by atoms with van der Waals surface area (Å²) in [6.07, 6.45) is 27.6. The van der Waals surface area contributed by atoms with Crippen LogP contribution in [0.4, 0.5) is 0 Å². The molecule has 0 aromatic carbocycles. The van der Waals surface area contributed by atoms with Gasteiger partial charge >= 0.3 is 11.9 Å². The van der Waals surface area contributed by atoms with E-state index < -0.39 is 23.1 Å². The molecule has 2 unspecified atom stereocenters. The Kier molecular flexibility index (Phi) is 24.0. The van der Waals surface area contributed by atoms with Crippen LogP contribution in [0.15, 0.2) is 0 Å². The van der Waals surface area contributed by atoms with E-state index >= 15 is 0 Å². The maximum absolute atomic E-state index is 12.9. The van der Waals surface area contributed by atoms with E-state index in [4.69, 9.17) is 9.47 Å². The van der Waals surface area contributed by atoms with Crippen LogP contribution in [0.3, 0.4) is 0 Å². The first kappa shape index (κ1) is 37.9. The normalized spacial score (nSPS) is 14.5. The predicted octanol–water partition coefficient (Wildman–Crippen LogP) is 11.4. The van der Waals surface area contributed by atoms with Gasteiger partial charge in [0.1, 0.15) is 17.6 Å². The SMILES string of the molecule is CCCCCCCCCCC(C)(CCCC)OC(=O)CC(=O)OC(C)(CCCC)CCCCCCCCCC. The second-order valence-electron chi connectivity index (χ2n) is 12.7. The molecule has 232 valence electrons. The van der Waals surface area contributed by atoms with Gasteiger partial charge in [0.05, 0.1) is 0 Å². The Morgan fingerprint density at radius 3 is 0.974 bits per heavy atom. The third-order valence-electron chi connectivity index (χ3n) is 8.25. The summed E-state index contributed by atoms with van der Waals surface area (Å²) in [7, 11) is 0. The van der Waals surface area contributed by atoms with Gasteiger partial charge in [-0.2, -0.15) is 0 Å². The Morgan fingerprint density at radius 2 is 0.667 bits per heavy atom. The van der Waals surface area contributed by atoms with Crippen LogP contribution >= 0.6 is 0 Å². The Bertz CT molecular complexity index is 539. The smallest absolute Gasteiger partial charge is 0.317 e. The zero-order valence-electron chi connectivity index (χ0n) is 27.3. The molecule has 0 rings (SSSR count). The molecule has 0 aliphatic heterocycles. The predicted molar refractivity (Wildman–Crippen MR) is 167 cm³/mol. The average molecular weight is 553 g/mol. The molecule has 4 heteroatoms. The molecule has 0 aromatic heterocycles. The summed E-state index contributed by atoms with van der Waals surface area (Å²) in [4.78, 5) is 25.7. The standard InChI is InChI=1S/C35H68O4/c1-7-11-15-17-19-21-23-25-29-34(5,27-13-9-3)38-32(36)31-33(37)39-35(6,28-14-10-4)30-26-24-22-20-18-16-12-8-2/h7-31H2,1-6H3. The molecule has 0 N–H and O–H groups in total. The molecule has 0 bridgehead atoms. The van der Waals surface area contributed by atoms with Crippen molar-refractivity contribution in [3.05, 3.63) is 0 Å². The molecule has 0 spiro atoms. The van der Waals surface area contributed by atoms with Crippen molar-refractivity contribution in [3.63, 3.8) is 0 Å². The van der Waals surface area contributed by atoms with Gasteiger partial charge in [0.15, 0.2) is 0 Å². The van der Waals surface area contributed by atoms with Crippen molar-refractivity contribution >= 4 is 11.9 Å². The molecule has 0 saturated heterocycles. The first-order valence-electron chi connectivity index (χ1n) is 17.2. The lowest BCUT2D eigenvalue weighted by Gasteiger charge is -2.31. The first-order valence-corrected chi connectivity index (χ1v) is 17.2. The van der Waals surface area contributed by atoms with Gasteiger partial charge in [-0.1, -0.05) is 130 Å². The van der Waals surface area contributed by atoms with Crippen molar-refractivity contribution in [1.82, 2.24) is 0 Å². The summed E-state index contributed by atoms with van der Waals surface area (Å²) in [5.41, 5.74) is -0.976. The molecule has 4 nitrogen and oxygen atoms in total. The highest BCUT2D eigenvalue weighted by Gasteiger charge is 2.32. The van der Waals surface area contributed by atoms with Crippen LogP contribution in [0.25, 0.3) is 0 Å². The van der Waals surface area contributed by atoms with Gasteiger partial charge < -0.3 is 9.47 Å². The van der Waals surface area contributed by atoms with Crippen LogP contribution in [-0.4, -0.2) is 23.1 Å². The summed E-state index contributed by atoms with van der Waals surface area (Å²) < 4.78 is 12.0. The largest absolute Gasteiger partial charge is 0.459 e. The molecule has 39 heavy (non-hydrogen) atoms. The number of rotatable bonds is 28. The van der Waals surface area contributed by atoms with Crippen molar-refractivity contribution < 1.29 is 19.1 Å². The van der Waals surface area contributed by atoms with Crippen molar-refractivity contribution in [3.8, 4) is 0 Å². The molecule has 0 heterocycles. The fraction of sp³-hybridized carbons (Fsp3) is 0.943. The van der Waals surface area contributed by atoms with Gasteiger partial charge in [-0.05, 0) is 65.2 Å². The van der Waals surface area contributed by atoms with Crippen molar-refractivity contribution in [2.75, 3.05) is 0 Å². The van der Waals surface area contributed by atoms with Gasteiger partial charge in [0.2, 0.25) is 0 Å². The maximum Gasteiger partial charge on any atom is 0.317 e. The summed E-state index contributed by atoms with van der Waals surface area (Å²) in [6, 6.07) is 0. The van der Waals surface area contributed by atoms with Gasteiger partial charge in [0.25, 0.3) is 0 Å². The van der Waals surface area contributed by atoms with Crippen molar-refractivity contribution in [1.29, 1.82) is 0 Å². The van der Waals surface area contributed by atoms with Crippen LogP contribution in [-0.2, 0) is 19.1 Å². The maximum atomic E-state index is 12.9. The molecule has 0 amide bonds.